The number of rotatable bonds is 2. The number of carbonyl (C=O) groups excluding carboxylic acids is 1. The van der Waals surface area contributed by atoms with Crippen molar-refractivity contribution in [3.63, 3.8) is 0 Å². The second-order valence-corrected chi connectivity index (χ2v) is 3.97. The Bertz CT molecular complexity index is 257. The summed E-state index contributed by atoms with van der Waals surface area (Å²) in [6.45, 7) is 2.07. The quantitative estimate of drug-likeness (QED) is 0.607. The lowest BCUT2D eigenvalue weighted by molar-refractivity contribution is -0.180. The predicted octanol–water partition coefficient (Wildman–Crippen LogP) is 1.95. The van der Waals surface area contributed by atoms with Crippen molar-refractivity contribution in [2.75, 3.05) is 7.11 Å². The molecule has 0 aromatic rings. The topological polar surface area (TPSA) is 26.3 Å². The first-order valence-electron chi connectivity index (χ1n) is 5.02. The van der Waals surface area contributed by atoms with E-state index in [4.69, 9.17) is 4.74 Å². The molecule has 72 valence electrons. The van der Waals surface area contributed by atoms with E-state index in [1.807, 2.05) is 0 Å². The maximum absolute atomic E-state index is 11.8. The zero-order chi connectivity index (χ0) is 9.47. The van der Waals surface area contributed by atoms with Gasteiger partial charge in [0.15, 0.2) is 5.78 Å². The van der Waals surface area contributed by atoms with Gasteiger partial charge in [0.1, 0.15) is 5.60 Å². The molecule has 13 heavy (non-hydrogen) atoms. The Labute approximate surface area is 79.0 Å². The molecule has 0 aromatic heterocycles. The fourth-order valence-electron chi connectivity index (χ4n) is 2.77. The van der Waals surface area contributed by atoms with Crippen LogP contribution in [0.4, 0.5) is 0 Å². The highest BCUT2D eigenvalue weighted by atomic mass is 16.5. The number of hydrogen-bond acceptors (Lipinski definition) is 2. The average molecular weight is 180 g/mol. The average Bonchev–Trinajstić information content (AvgIpc) is 2.18. The molecule has 0 heterocycles. The molecule has 0 aromatic carbocycles. The third kappa shape index (κ3) is 0.953. The minimum Gasteiger partial charge on any atom is -0.370 e. The summed E-state index contributed by atoms with van der Waals surface area (Å²) in [7, 11) is 1.66. The zero-order valence-corrected chi connectivity index (χ0v) is 8.25. The van der Waals surface area contributed by atoms with Gasteiger partial charge in [0.05, 0.1) is 0 Å². The third-order valence-corrected chi connectivity index (χ3v) is 3.56. The van der Waals surface area contributed by atoms with Crippen LogP contribution in [-0.2, 0) is 9.53 Å². The van der Waals surface area contributed by atoms with E-state index in [1.54, 1.807) is 7.11 Å². The molecule has 2 nitrogen and oxygen atoms in total. The highest BCUT2D eigenvalue weighted by Crippen LogP contribution is 2.50. The Morgan fingerprint density at radius 3 is 3.08 bits per heavy atom. The van der Waals surface area contributed by atoms with E-state index in [9.17, 15) is 4.79 Å². The minimum absolute atomic E-state index is 0.219. The summed E-state index contributed by atoms with van der Waals surface area (Å²) >= 11 is 0. The molecule has 0 N–H and O–H groups in total. The number of methoxy groups -OCH3 is 1. The standard InChI is InChI=1S/C11H16O2/c1-3-8-9-6-4-5-7-11(9,13-2)10(8)12/h4,6,8-9H,3,5,7H2,1-2H3. The molecule has 1 fully saturated rings. The van der Waals surface area contributed by atoms with Crippen molar-refractivity contribution >= 4 is 5.78 Å². The van der Waals surface area contributed by atoms with Gasteiger partial charge in [-0.05, 0) is 19.3 Å². The molecule has 2 heteroatoms. The molecule has 3 atom stereocenters. The van der Waals surface area contributed by atoms with Crippen molar-refractivity contribution in [1.29, 1.82) is 0 Å². The fraction of sp³-hybridized carbons (Fsp3) is 0.727. The second kappa shape index (κ2) is 2.95. The molecule has 2 aliphatic carbocycles. The normalized spacial score (nSPS) is 42.8. The molecule has 0 saturated heterocycles. The fourth-order valence-corrected chi connectivity index (χ4v) is 2.77. The summed E-state index contributed by atoms with van der Waals surface area (Å²) in [6.07, 6.45) is 7.14. The summed E-state index contributed by atoms with van der Waals surface area (Å²) < 4.78 is 5.42. The summed E-state index contributed by atoms with van der Waals surface area (Å²) in [6, 6.07) is 0. The van der Waals surface area contributed by atoms with Gasteiger partial charge >= 0.3 is 0 Å². The van der Waals surface area contributed by atoms with Gasteiger partial charge in [-0.25, -0.2) is 0 Å². The van der Waals surface area contributed by atoms with Crippen LogP contribution in [0.15, 0.2) is 12.2 Å². The molecule has 2 aliphatic rings. The summed E-state index contributed by atoms with van der Waals surface area (Å²) in [5, 5.41) is 0. The number of hydrogen-bond donors (Lipinski definition) is 0. The highest BCUT2D eigenvalue weighted by molar-refractivity contribution is 5.97. The van der Waals surface area contributed by atoms with Crippen molar-refractivity contribution in [2.24, 2.45) is 11.8 Å². The molecular weight excluding hydrogens is 164 g/mol. The number of ketones is 1. The van der Waals surface area contributed by atoms with E-state index < -0.39 is 5.60 Å². The Balaban J connectivity index is 2.27. The van der Waals surface area contributed by atoms with Crippen LogP contribution in [0.1, 0.15) is 26.2 Å². The number of Topliss-reactive ketones (excluding diaryl/α,β-unsaturated/α-hetero) is 1. The molecule has 2 rings (SSSR count). The van der Waals surface area contributed by atoms with Gasteiger partial charge in [-0.15, -0.1) is 0 Å². The van der Waals surface area contributed by atoms with Gasteiger partial charge < -0.3 is 4.74 Å². The largest absolute Gasteiger partial charge is 0.370 e. The summed E-state index contributed by atoms with van der Waals surface area (Å²) in [4.78, 5) is 11.8. The monoisotopic (exact) mass is 180 g/mol. The third-order valence-electron chi connectivity index (χ3n) is 3.56. The summed E-state index contributed by atoms with van der Waals surface area (Å²) in [5.41, 5.74) is -0.435. The van der Waals surface area contributed by atoms with Gasteiger partial charge in [-0.1, -0.05) is 19.1 Å². The van der Waals surface area contributed by atoms with Crippen LogP contribution in [0.5, 0.6) is 0 Å². The van der Waals surface area contributed by atoms with Crippen LogP contribution >= 0.6 is 0 Å². The zero-order valence-electron chi connectivity index (χ0n) is 8.25. The smallest absolute Gasteiger partial charge is 0.169 e. The van der Waals surface area contributed by atoms with Crippen LogP contribution in [0.3, 0.4) is 0 Å². The maximum Gasteiger partial charge on any atom is 0.169 e. The molecule has 0 bridgehead atoms. The van der Waals surface area contributed by atoms with Crippen molar-refractivity contribution in [1.82, 2.24) is 0 Å². The van der Waals surface area contributed by atoms with Crippen LogP contribution in [0.2, 0.25) is 0 Å². The number of ether oxygens (including phenoxy) is 1. The van der Waals surface area contributed by atoms with E-state index >= 15 is 0 Å². The second-order valence-electron chi connectivity index (χ2n) is 3.97. The van der Waals surface area contributed by atoms with Crippen molar-refractivity contribution in [2.45, 2.75) is 31.8 Å². The van der Waals surface area contributed by atoms with Crippen LogP contribution in [0.25, 0.3) is 0 Å². The number of carbonyl (C=O) groups is 1. The van der Waals surface area contributed by atoms with Crippen LogP contribution in [0, 0.1) is 11.8 Å². The van der Waals surface area contributed by atoms with Gasteiger partial charge in [-0.3, -0.25) is 4.79 Å². The van der Waals surface area contributed by atoms with Gasteiger partial charge in [0, 0.05) is 18.9 Å². The van der Waals surface area contributed by atoms with Crippen LogP contribution in [-0.4, -0.2) is 18.5 Å². The Hall–Kier alpha value is -0.630. The first kappa shape index (κ1) is 8.95. The lowest BCUT2D eigenvalue weighted by Crippen LogP contribution is -2.64. The first-order valence-corrected chi connectivity index (χ1v) is 5.02. The van der Waals surface area contributed by atoms with Crippen LogP contribution < -0.4 is 0 Å². The van der Waals surface area contributed by atoms with Gasteiger partial charge in [0.2, 0.25) is 0 Å². The minimum atomic E-state index is -0.435. The lowest BCUT2D eigenvalue weighted by atomic mass is 9.55. The molecular formula is C11H16O2. The molecule has 0 amide bonds. The molecule has 0 radical (unpaired) electrons. The Kier molecular flexibility index (Phi) is 2.03. The lowest BCUT2D eigenvalue weighted by Gasteiger charge is -2.52. The molecule has 0 spiro atoms. The molecule has 0 aliphatic heterocycles. The SMILES string of the molecule is CCC1C(=O)C2(OC)CCC=CC12. The van der Waals surface area contributed by atoms with E-state index in [2.05, 4.69) is 19.1 Å². The predicted molar refractivity (Wildman–Crippen MR) is 50.4 cm³/mol. The van der Waals surface area contributed by atoms with Crippen molar-refractivity contribution in [3.05, 3.63) is 12.2 Å². The molecule has 3 unspecified atom stereocenters. The van der Waals surface area contributed by atoms with E-state index in [0.717, 1.165) is 19.3 Å². The summed E-state index contributed by atoms with van der Waals surface area (Å²) in [5.74, 6) is 0.895. The van der Waals surface area contributed by atoms with E-state index in [1.165, 1.54) is 0 Å². The first-order chi connectivity index (χ1) is 6.26. The van der Waals surface area contributed by atoms with Crippen molar-refractivity contribution < 1.29 is 9.53 Å². The van der Waals surface area contributed by atoms with Gasteiger partial charge in [-0.2, -0.15) is 0 Å². The molecule has 1 saturated carbocycles. The highest BCUT2D eigenvalue weighted by Gasteiger charge is 2.60. The van der Waals surface area contributed by atoms with E-state index in [0.29, 0.717) is 11.7 Å². The maximum atomic E-state index is 11.8. The number of allylic oxidation sites excluding steroid dienone is 1. The Morgan fingerprint density at radius 2 is 2.46 bits per heavy atom. The van der Waals surface area contributed by atoms with Crippen molar-refractivity contribution in [3.8, 4) is 0 Å². The Morgan fingerprint density at radius 1 is 1.69 bits per heavy atom. The van der Waals surface area contributed by atoms with E-state index in [-0.39, 0.29) is 5.92 Å². The van der Waals surface area contributed by atoms with Gasteiger partial charge in [0.25, 0.3) is 0 Å². The number of fused-ring (bicyclic) bond motifs is 1.